The Morgan fingerprint density at radius 2 is 1.58 bits per heavy atom. The molecule has 0 spiro atoms. The summed E-state index contributed by atoms with van der Waals surface area (Å²) >= 11 is 7.27. The van der Waals surface area contributed by atoms with Crippen LogP contribution in [0.1, 0.15) is 20.3 Å². The van der Waals surface area contributed by atoms with Crippen molar-refractivity contribution in [3.05, 3.63) is 24.3 Å². The second kappa shape index (κ2) is 8.15. The molecule has 0 aromatic heterocycles. The van der Waals surface area contributed by atoms with Gasteiger partial charge >= 0.3 is 0 Å². The minimum atomic E-state index is 0.243. The topological polar surface area (TPSA) is 18.5 Å². The first-order valence-electron chi connectivity index (χ1n) is 6.47. The number of hydrogen-bond acceptors (Lipinski definition) is 2. The fraction of sp³-hybridized carbons (Fsp3) is 0.600. The predicted octanol–water partition coefficient (Wildman–Crippen LogP) is 4.90. The Hall–Kier alpha value is -0.220. The van der Waals surface area contributed by atoms with Crippen LogP contribution in [0.15, 0.2) is 24.3 Å². The molecule has 0 aliphatic heterocycles. The van der Waals surface area contributed by atoms with Gasteiger partial charge in [0.2, 0.25) is 0 Å². The second-order valence-electron chi connectivity index (χ2n) is 5.06. The zero-order valence-corrected chi connectivity index (χ0v) is 15.0. The zero-order chi connectivity index (χ0) is 14.3. The van der Waals surface area contributed by atoms with Crippen molar-refractivity contribution in [3.8, 4) is 11.5 Å². The Bertz CT molecular complexity index is 359. The summed E-state index contributed by atoms with van der Waals surface area (Å²) < 4.78 is 10.9. The fourth-order valence-corrected chi connectivity index (χ4v) is 4.59. The van der Waals surface area contributed by atoms with E-state index in [1.54, 1.807) is 7.11 Å². The van der Waals surface area contributed by atoms with E-state index >= 15 is 0 Å². The van der Waals surface area contributed by atoms with Gasteiger partial charge in [-0.25, -0.2) is 0 Å². The van der Waals surface area contributed by atoms with Crippen molar-refractivity contribution in [1.82, 2.24) is 0 Å². The smallest absolute Gasteiger partial charge is 0.119 e. The molecule has 0 N–H and O–H groups in total. The summed E-state index contributed by atoms with van der Waals surface area (Å²) in [4.78, 5) is 0. The lowest BCUT2D eigenvalue weighted by Gasteiger charge is -2.34. The third-order valence-electron chi connectivity index (χ3n) is 3.69. The number of benzene rings is 1. The summed E-state index contributed by atoms with van der Waals surface area (Å²) in [7, 11) is 1.67. The van der Waals surface area contributed by atoms with Crippen LogP contribution in [0.3, 0.4) is 0 Å². The first-order valence-corrected chi connectivity index (χ1v) is 8.71. The Kier molecular flexibility index (Phi) is 7.22. The Labute approximate surface area is 133 Å². The predicted molar refractivity (Wildman–Crippen MR) is 88.0 cm³/mol. The molecule has 19 heavy (non-hydrogen) atoms. The highest BCUT2D eigenvalue weighted by molar-refractivity contribution is 9.09. The molecule has 0 aliphatic carbocycles. The van der Waals surface area contributed by atoms with Crippen molar-refractivity contribution < 1.29 is 9.47 Å². The van der Waals surface area contributed by atoms with Crippen LogP contribution in [-0.2, 0) is 0 Å². The van der Waals surface area contributed by atoms with Gasteiger partial charge in [0.25, 0.3) is 0 Å². The average molecular weight is 394 g/mol. The third-order valence-corrected chi connectivity index (χ3v) is 5.92. The number of hydrogen-bond donors (Lipinski definition) is 0. The molecular weight excluding hydrogens is 372 g/mol. The van der Waals surface area contributed by atoms with E-state index in [4.69, 9.17) is 9.47 Å². The van der Waals surface area contributed by atoms with E-state index in [0.29, 0.717) is 5.92 Å². The molecule has 1 aromatic rings. The Morgan fingerprint density at radius 3 is 2.00 bits per heavy atom. The molecule has 4 heteroatoms. The van der Waals surface area contributed by atoms with Crippen LogP contribution in [0.5, 0.6) is 11.5 Å². The van der Waals surface area contributed by atoms with Gasteiger partial charge in [0, 0.05) is 10.7 Å². The minimum Gasteiger partial charge on any atom is -0.497 e. The molecule has 0 unspecified atom stereocenters. The molecule has 0 aliphatic rings. The normalized spacial score (nSPS) is 11.7. The molecule has 0 atom stereocenters. The lowest BCUT2D eigenvalue weighted by molar-refractivity contribution is 0.187. The van der Waals surface area contributed by atoms with Crippen LogP contribution < -0.4 is 9.47 Å². The van der Waals surface area contributed by atoms with E-state index in [2.05, 4.69) is 45.7 Å². The van der Waals surface area contributed by atoms with Gasteiger partial charge in [-0.05, 0) is 42.0 Å². The first-order chi connectivity index (χ1) is 9.07. The van der Waals surface area contributed by atoms with Gasteiger partial charge in [-0.2, -0.15) is 0 Å². The molecule has 0 saturated heterocycles. The van der Waals surface area contributed by atoms with Crippen molar-refractivity contribution >= 4 is 31.9 Å². The van der Waals surface area contributed by atoms with Gasteiger partial charge in [-0.3, -0.25) is 0 Å². The summed E-state index contributed by atoms with van der Waals surface area (Å²) in [6, 6.07) is 7.72. The van der Waals surface area contributed by atoms with Crippen molar-refractivity contribution in [2.45, 2.75) is 20.3 Å². The number of alkyl halides is 2. The van der Waals surface area contributed by atoms with E-state index < -0.39 is 0 Å². The second-order valence-corrected chi connectivity index (χ2v) is 6.18. The van der Waals surface area contributed by atoms with Crippen LogP contribution in [0.25, 0.3) is 0 Å². The Morgan fingerprint density at radius 1 is 1.05 bits per heavy atom. The molecule has 2 nitrogen and oxygen atoms in total. The van der Waals surface area contributed by atoms with E-state index in [-0.39, 0.29) is 5.41 Å². The van der Waals surface area contributed by atoms with E-state index in [1.165, 1.54) is 0 Å². The largest absolute Gasteiger partial charge is 0.497 e. The molecule has 0 radical (unpaired) electrons. The van der Waals surface area contributed by atoms with Gasteiger partial charge in [-0.15, -0.1) is 0 Å². The van der Waals surface area contributed by atoms with Gasteiger partial charge in [0.1, 0.15) is 11.5 Å². The highest BCUT2D eigenvalue weighted by Crippen LogP contribution is 2.35. The summed E-state index contributed by atoms with van der Waals surface area (Å²) in [5.41, 5.74) is 0.243. The molecule has 0 fully saturated rings. The average Bonchev–Trinajstić information content (AvgIpc) is 2.44. The summed E-state index contributed by atoms with van der Waals surface area (Å²) in [5.74, 6) is 2.35. The highest BCUT2D eigenvalue weighted by Gasteiger charge is 2.31. The highest BCUT2D eigenvalue weighted by atomic mass is 79.9. The van der Waals surface area contributed by atoms with Crippen LogP contribution in [0.4, 0.5) is 0 Å². The maximum Gasteiger partial charge on any atom is 0.119 e. The Balaban J connectivity index is 2.51. The number of rotatable bonds is 8. The number of halogens is 2. The molecule has 0 heterocycles. The molecular formula is C15H22Br2O2. The molecule has 1 aromatic carbocycles. The summed E-state index contributed by atoms with van der Waals surface area (Å²) in [6.45, 7) is 5.24. The van der Waals surface area contributed by atoms with Crippen LogP contribution in [0, 0.1) is 11.3 Å². The van der Waals surface area contributed by atoms with Crippen molar-refractivity contribution in [2.75, 3.05) is 24.4 Å². The number of methoxy groups -OCH3 is 1. The molecule has 0 bridgehead atoms. The SMILES string of the molecule is COc1ccc(OCCC(CBr)(CBr)C(C)C)cc1. The van der Waals surface area contributed by atoms with Crippen LogP contribution in [-0.4, -0.2) is 24.4 Å². The van der Waals surface area contributed by atoms with Crippen molar-refractivity contribution in [2.24, 2.45) is 11.3 Å². The van der Waals surface area contributed by atoms with Gasteiger partial charge < -0.3 is 9.47 Å². The van der Waals surface area contributed by atoms with Crippen molar-refractivity contribution in [3.63, 3.8) is 0 Å². The minimum absolute atomic E-state index is 0.243. The first kappa shape index (κ1) is 16.8. The standard InChI is InChI=1S/C15H22Br2O2/c1-12(2)15(10-16,11-17)8-9-19-14-6-4-13(18-3)5-7-14/h4-7,12H,8-11H2,1-3H3. The van der Waals surface area contributed by atoms with Crippen LogP contribution >= 0.6 is 31.9 Å². The maximum absolute atomic E-state index is 5.82. The van der Waals surface area contributed by atoms with E-state index in [9.17, 15) is 0 Å². The van der Waals surface area contributed by atoms with Crippen molar-refractivity contribution in [1.29, 1.82) is 0 Å². The van der Waals surface area contributed by atoms with Gasteiger partial charge in [0.05, 0.1) is 13.7 Å². The molecule has 0 amide bonds. The van der Waals surface area contributed by atoms with Crippen LogP contribution in [0.2, 0.25) is 0 Å². The molecule has 1 rings (SSSR count). The van der Waals surface area contributed by atoms with Gasteiger partial charge in [0.15, 0.2) is 0 Å². The third kappa shape index (κ3) is 4.67. The lowest BCUT2D eigenvalue weighted by atomic mass is 9.78. The molecule has 108 valence electrons. The quantitative estimate of drug-likeness (QED) is 0.585. The number of ether oxygens (including phenoxy) is 2. The molecule has 0 saturated carbocycles. The fourth-order valence-electron chi connectivity index (χ4n) is 1.81. The zero-order valence-electron chi connectivity index (χ0n) is 11.8. The summed E-state index contributed by atoms with van der Waals surface area (Å²) in [6.07, 6.45) is 1.02. The lowest BCUT2D eigenvalue weighted by Crippen LogP contribution is -2.33. The maximum atomic E-state index is 5.82. The monoisotopic (exact) mass is 392 g/mol. The summed E-state index contributed by atoms with van der Waals surface area (Å²) in [5, 5.41) is 1.96. The van der Waals surface area contributed by atoms with Gasteiger partial charge in [-0.1, -0.05) is 45.7 Å². The van der Waals surface area contributed by atoms with E-state index in [0.717, 1.165) is 35.2 Å². The van der Waals surface area contributed by atoms with E-state index in [1.807, 2.05) is 24.3 Å².